The van der Waals surface area contributed by atoms with Crippen LogP contribution in [0.1, 0.15) is 103 Å². The van der Waals surface area contributed by atoms with E-state index in [1.165, 1.54) is 93.9 Å². The van der Waals surface area contributed by atoms with Crippen molar-refractivity contribution in [3.05, 3.63) is 350 Å². The first-order chi connectivity index (χ1) is 53.5. The molecule has 5 heterocycles. The van der Waals surface area contributed by atoms with Crippen molar-refractivity contribution in [2.75, 3.05) is 9.80 Å². The van der Waals surface area contributed by atoms with Crippen LogP contribution in [0.2, 0.25) is 0 Å². The lowest BCUT2D eigenvalue weighted by Gasteiger charge is -2.46. The molecule has 0 atom stereocenters. The number of aromatic nitrogens is 3. The number of nitrogens with zero attached hydrogens (tertiary/aromatic N) is 5. The third kappa shape index (κ3) is 11.0. The molecule has 0 N–H and O–H groups in total. The second kappa shape index (κ2) is 25.6. The molecular formula is C104H86BN5. The van der Waals surface area contributed by atoms with Crippen molar-refractivity contribution in [3.63, 3.8) is 0 Å². The molecule has 110 heavy (non-hydrogen) atoms. The van der Waals surface area contributed by atoms with E-state index in [-0.39, 0.29) is 28.4 Å². The van der Waals surface area contributed by atoms with Gasteiger partial charge in [0.2, 0.25) is 0 Å². The minimum atomic E-state index is -0.273. The first-order valence-electron chi connectivity index (χ1n) is 39.3. The molecule has 4 aliphatic rings. The van der Waals surface area contributed by atoms with Crippen molar-refractivity contribution < 1.29 is 0 Å². The van der Waals surface area contributed by atoms with Gasteiger partial charge in [-0.2, -0.15) is 0 Å². The molecule has 5 nitrogen and oxygen atoms in total. The maximum Gasteiger partial charge on any atom is 0.252 e. The molecule has 16 aromatic rings. The SMILES string of the molecule is CC1(C)CCC(C)(C)c2cc(-c3ccc4c(c3)N(c3c(-c5ccccc5)cncc3-c3ccccc3)c3cc(-n5c6ccc(-c7ccccc7)cc6c6cc(-c7ccccc7)ccc65)cc5c3B4c3ccc(-c4ccc6c(c4)C(C)(C)CCC6(C)C)cc3N5c3c(-c4ccccc4)cncc3-c3ccccc3)ccc21. The second-order valence-electron chi connectivity index (χ2n) is 33.8. The van der Waals surface area contributed by atoms with E-state index in [0.717, 1.165) is 121 Å². The first-order valence-corrected chi connectivity index (χ1v) is 39.3. The van der Waals surface area contributed by atoms with Crippen LogP contribution in [0, 0.1) is 0 Å². The van der Waals surface area contributed by atoms with Crippen LogP contribution in [0.25, 0.3) is 117 Å². The van der Waals surface area contributed by atoms with Crippen LogP contribution in [0.5, 0.6) is 0 Å². The van der Waals surface area contributed by atoms with Crippen LogP contribution in [0.4, 0.5) is 34.1 Å². The molecule has 13 aromatic carbocycles. The number of hydrogen-bond donors (Lipinski definition) is 0. The van der Waals surface area contributed by atoms with Crippen molar-refractivity contribution in [3.8, 4) is 94.7 Å². The Labute approximate surface area is 647 Å². The van der Waals surface area contributed by atoms with E-state index in [2.05, 4.69) is 398 Å². The molecule has 0 fully saturated rings. The van der Waals surface area contributed by atoms with Crippen molar-refractivity contribution in [1.29, 1.82) is 0 Å². The van der Waals surface area contributed by atoms with Gasteiger partial charge in [0.05, 0.1) is 28.1 Å². The molecule has 0 saturated carbocycles. The Morgan fingerprint density at radius 2 is 0.555 bits per heavy atom. The summed E-state index contributed by atoms with van der Waals surface area (Å²) in [7, 11) is 0. The quantitative estimate of drug-likeness (QED) is 0.121. The fourth-order valence-electron chi connectivity index (χ4n) is 19.1. The predicted octanol–water partition coefficient (Wildman–Crippen LogP) is 25.7. The second-order valence-corrected chi connectivity index (χ2v) is 33.8. The molecule has 0 amide bonds. The third-order valence-electron chi connectivity index (χ3n) is 25.3. The highest BCUT2D eigenvalue weighted by Gasteiger charge is 2.47. The molecule has 0 saturated heterocycles. The Morgan fingerprint density at radius 3 is 0.900 bits per heavy atom. The lowest BCUT2D eigenvalue weighted by molar-refractivity contribution is 0.332. The molecule has 2 aliphatic carbocycles. The zero-order chi connectivity index (χ0) is 74.4. The summed E-state index contributed by atoms with van der Waals surface area (Å²) < 4.78 is 2.58. The van der Waals surface area contributed by atoms with E-state index in [0.29, 0.717) is 0 Å². The summed E-state index contributed by atoms with van der Waals surface area (Å²) in [5, 5.41) is 2.35. The summed E-state index contributed by atoms with van der Waals surface area (Å²) in [4.78, 5) is 15.9. The monoisotopic (exact) mass is 1420 g/mol. The number of anilines is 6. The van der Waals surface area contributed by atoms with Gasteiger partial charge in [0.1, 0.15) is 0 Å². The third-order valence-corrected chi connectivity index (χ3v) is 25.3. The Balaban J connectivity index is 0.963. The number of rotatable bonds is 11. The summed E-state index contributed by atoms with van der Waals surface area (Å²) in [6, 6.07) is 115. The molecular weight excluding hydrogens is 1330 g/mol. The van der Waals surface area contributed by atoms with E-state index in [1.54, 1.807) is 0 Å². The van der Waals surface area contributed by atoms with Crippen molar-refractivity contribution >= 4 is 79.0 Å². The summed E-state index contributed by atoms with van der Waals surface area (Å²) in [6.07, 6.45) is 13.0. The minimum Gasteiger partial charge on any atom is -0.310 e. The van der Waals surface area contributed by atoms with E-state index in [1.807, 2.05) is 0 Å². The highest BCUT2D eigenvalue weighted by Crippen LogP contribution is 2.56. The smallest absolute Gasteiger partial charge is 0.252 e. The number of fused-ring (bicyclic) bond motifs is 9. The van der Waals surface area contributed by atoms with Gasteiger partial charge in [0.25, 0.3) is 6.71 Å². The minimum absolute atomic E-state index is 0.00388. The molecule has 530 valence electrons. The summed E-state index contributed by atoms with van der Waals surface area (Å²) in [6.45, 7) is 19.3. The summed E-state index contributed by atoms with van der Waals surface area (Å²) >= 11 is 0. The summed E-state index contributed by atoms with van der Waals surface area (Å²) in [5.74, 6) is 0. The van der Waals surface area contributed by atoms with Crippen LogP contribution >= 0.6 is 0 Å². The normalized spacial score (nSPS) is 15.4. The number of hydrogen-bond acceptors (Lipinski definition) is 4. The van der Waals surface area contributed by atoms with E-state index < -0.39 is 0 Å². The number of benzene rings is 13. The van der Waals surface area contributed by atoms with Gasteiger partial charge >= 0.3 is 0 Å². The average molecular weight is 1420 g/mol. The van der Waals surface area contributed by atoms with E-state index in [9.17, 15) is 0 Å². The molecule has 2 aliphatic heterocycles. The van der Waals surface area contributed by atoms with Gasteiger partial charge in [-0.05, 0) is 201 Å². The van der Waals surface area contributed by atoms with Gasteiger partial charge in [0.15, 0.2) is 0 Å². The van der Waals surface area contributed by atoms with Crippen LogP contribution in [0.15, 0.2) is 328 Å². The average Bonchev–Trinajstić information content (AvgIpc) is 0.823. The molecule has 6 heteroatoms. The molecule has 20 rings (SSSR count). The largest absolute Gasteiger partial charge is 0.310 e. The van der Waals surface area contributed by atoms with Crippen molar-refractivity contribution in [2.24, 2.45) is 0 Å². The van der Waals surface area contributed by atoms with Gasteiger partial charge in [-0.1, -0.05) is 310 Å². The maximum absolute atomic E-state index is 5.27. The fraction of sp³-hybridized carbons (Fsp3) is 0.154. The molecule has 0 radical (unpaired) electrons. The van der Waals surface area contributed by atoms with Crippen molar-refractivity contribution in [1.82, 2.24) is 14.5 Å². The Morgan fingerprint density at radius 1 is 0.264 bits per heavy atom. The Hall–Kier alpha value is -12.4. The van der Waals surface area contributed by atoms with Gasteiger partial charge in [-0.15, -0.1) is 0 Å². The van der Waals surface area contributed by atoms with Crippen LogP contribution in [-0.4, -0.2) is 21.2 Å². The lowest BCUT2D eigenvalue weighted by atomic mass is 9.33. The Bertz CT molecular complexity index is 5840. The topological polar surface area (TPSA) is 37.2 Å². The Kier molecular flexibility index (Phi) is 15.6. The highest BCUT2D eigenvalue weighted by atomic mass is 15.2. The molecule has 0 bridgehead atoms. The van der Waals surface area contributed by atoms with Gasteiger partial charge < -0.3 is 14.4 Å². The van der Waals surface area contributed by atoms with Crippen LogP contribution < -0.4 is 26.2 Å². The lowest BCUT2D eigenvalue weighted by Crippen LogP contribution is -2.61. The molecule has 3 aromatic heterocycles. The van der Waals surface area contributed by atoms with Gasteiger partial charge in [-0.25, -0.2) is 0 Å². The highest BCUT2D eigenvalue weighted by molar-refractivity contribution is 7.00. The maximum atomic E-state index is 5.27. The van der Waals surface area contributed by atoms with Crippen LogP contribution in [-0.2, 0) is 21.7 Å². The fourth-order valence-corrected chi connectivity index (χ4v) is 19.1. The number of pyridine rings is 2. The molecule has 0 spiro atoms. The molecule has 0 unspecified atom stereocenters. The predicted molar refractivity (Wildman–Crippen MR) is 464 cm³/mol. The van der Waals surface area contributed by atoms with Crippen LogP contribution in [0.3, 0.4) is 0 Å². The summed E-state index contributed by atoms with van der Waals surface area (Å²) in [5.41, 5.74) is 37.1. The zero-order valence-corrected chi connectivity index (χ0v) is 63.8. The van der Waals surface area contributed by atoms with E-state index >= 15 is 0 Å². The zero-order valence-electron chi connectivity index (χ0n) is 63.8. The van der Waals surface area contributed by atoms with E-state index in [4.69, 9.17) is 9.97 Å². The van der Waals surface area contributed by atoms with Crippen molar-refractivity contribution in [2.45, 2.75) is 103 Å². The standard InChI is InChI=1S/C104H86BN5/c1-101(2)51-53-103(5,6)88-57-75(39-45-86(88)101)77-41-47-90-94(59-77)109(99-82(69-31-19-11-20-32-69)63-106-64-83(99)70-33-21-12-22-34-70)96-61-79(108-92-49-43-73(67-27-15-9-16-28-67)55-80(92)81-56-74(44-50-93(81)108)68-29-17-10-18-30-68)62-97-98(96)105(90)91-48-42-78(76-40-46-87-89(58-76)104(7,8)54-52-102(87,3)4)60-95(91)110(97)100-84(71-35-23-13-24-36-71)65-107-66-85(100)72-37-25-14-26-38-72/h9-50,55-66H,51-54H2,1-8H3. The van der Waals surface area contributed by atoms with Gasteiger partial charge in [0, 0.05) is 80.6 Å². The van der Waals surface area contributed by atoms with Gasteiger partial charge in [-0.3, -0.25) is 9.97 Å². The first kappa shape index (κ1) is 67.0.